The SMILES string of the molecule is CC(C)C[C@H](C)/C=C/[C@H](Cc1ccccc1)C(=O)N1CCC[C@H]1C(=O)N[C@@H](CCCNC(=O)OCc1ccccc1)C(=O)O. The number of hydrogen-bond donors (Lipinski definition) is 3. The fraction of sp³-hybridized carbons (Fsp3) is 0.486. The second kappa shape index (κ2) is 17.9. The third-order valence-electron chi connectivity index (χ3n) is 7.74. The van der Waals surface area contributed by atoms with Crippen molar-refractivity contribution in [1.82, 2.24) is 15.5 Å². The number of ether oxygens (including phenoxy) is 1. The van der Waals surface area contributed by atoms with Gasteiger partial charge in [-0.05, 0) is 61.5 Å². The lowest BCUT2D eigenvalue weighted by molar-refractivity contribution is -0.144. The molecule has 3 rings (SSSR count). The van der Waals surface area contributed by atoms with E-state index in [4.69, 9.17) is 4.74 Å². The summed E-state index contributed by atoms with van der Waals surface area (Å²) in [6.07, 6.45) is 6.61. The predicted octanol–water partition coefficient (Wildman–Crippen LogP) is 5.35. The van der Waals surface area contributed by atoms with Crippen molar-refractivity contribution in [1.29, 1.82) is 0 Å². The van der Waals surface area contributed by atoms with Crippen molar-refractivity contribution in [3.63, 3.8) is 0 Å². The van der Waals surface area contributed by atoms with E-state index >= 15 is 0 Å². The molecule has 2 aromatic carbocycles. The molecule has 0 saturated carbocycles. The standard InChI is InChI=1S/C35H47N3O6/c1-25(2)22-26(3)18-19-29(23-27-12-6-4-7-13-27)33(40)38-21-11-17-31(38)32(39)37-30(34(41)42)16-10-20-36-35(43)44-24-28-14-8-5-9-15-28/h4-9,12-15,18-19,25-26,29-31H,10-11,16-17,20-24H2,1-3H3,(H,36,43)(H,37,39)(H,41,42)/b19-18+/t26-,29-,30+,31+/m1/s1. The molecule has 0 spiro atoms. The van der Waals surface area contributed by atoms with Gasteiger partial charge < -0.3 is 25.4 Å². The zero-order valence-electron chi connectivity index (χ0n) is 26.1. The number of allylic oxidation sites excluding steroid dienone is 1. The summed E-state index contributed by atoms with van der Waals surface area (Å²) in [7, 11) is 0. The molecule has 0 radical (unpaired) electrons. The first-order valence-electron chi connectivity index (χ1n) is 15.6. The van der Waals surface area contributed by atoms with Gasteiger partial charge in [-0.3, -0.25) is 9.59 Å². The number of likely N-dealkylation sites (tertiary alicyclic amines) is 1. The van der Waals surface area contributed by atoms with E-state index in [1.807, 2.05) is 66.7 Å². The molecule has 3 amide bonds. The van der Waals surface area contributed by atoms with Gasteiger partial charge in [-0.25, -0.2) is 9.59 Å². The van der Waals surface area contributed by atoms with Gasteiger partial charge in [-0.15, -0.1) is 0 Å². The second-order valence-electron chi connectivity index (χ2n) is 12.0. The predicted molar refractivity (Wildman–Crippen MR) is 170 cm³/mol. The van der Waals surface area contributed by atoms with E-state index in [9.17, 15) is 24.3 Å². The molecule has 1 aliphatic heterocycles. The van der Waals surface area contributed by atoms with Crippen LogP contribution in [0.4, 0.5) is 4.79 Å². The number of benzene rings is 2. The van der Waals surface area contributed by atoms with Gasteiger partial charge in [-0.1, -0.05) is 93.6 Å². The van der Waals surface area contributed by atoms with Crippen molar-refractivity contribution in [2.45, 2.75) is 78.0 Å². The maximum absolute atomic E-state index is 13.9. The number of carbonyl (C=O) groups is 4. The minimum Gasteiger partial charge on any atom is -0.480 e. The minimum absolute atomic E-state index is 0.119. The summed E-state index contributed by atoms with van der Waals surface area (Å²) in [5.41, 5.74) is 1.90. The van der Waals surface area contributed by atoms with E-state index in [0.717, 1.165) is 17.5 Å². The van der Waals surface area contributed by atoms with Crippen molar-refractivity contribution in [3.8, 4) is 0 Å². The Balaban J connectivity index is 1.56. The van der Waals surface area contributed by atoms with Crippen LogP contribution in [0.25, 0.3) is 0 Å². The Morgan fingerprint density at radius 2 is 1.64 bits per heavy atom. The number of carbonyl (C=O) groups excluding carboxylic acids is 3. The highest BCUT2D eigenvalue weighted by Gasteiger charge is 2.37. The summed E-state index contributed by atoms with van der Waals surface area (Å²) in [4.78, 5) is 52.8. The van der Waals surface area contributed by atoms with Crippen LogP contribution >= 0.6 is 0 Å². The van der Waals surface area contributed by atoms with Crippen LogP contribution in [0.15, 0.2) is 72.8 Å². The number of nitrogens with one attached hydrogen (secondary N) is 2. The fourth-order valence-corrected chi connectivity index (χ4v) is 5.56. The zero-order chi connectivity index (χ0) is 31.9. The number of rotatable bonds is 16. The summed E-state index contributed by atoms with van der Waals surface area (Å²) < 4.78 is 5.17. The van der Waals surface area contributed by atoms with E-state index in [1.165, 1.54) is 0 Å². The number of amides is 3. The van der Waals surface area contributed by atoms with Crippen LogP contribution in [0.2, 0.25) is 0 Å². The molecule has 0 unspecified atom stereocenters. The topological polar surface area (TPSA) is 125 Å². The van der Waals surface area contributed by atoms with Gasteiger partial charge in [0.1, 0.15) is 18.7 Å². The highest BCUT2D eigenvalue weighted by Crippen LogP contribution is 2.24. The normalized spacial score (nSPS) is 16.8. The van der Waals surface area contributed by atoms with E-state index in [0.29, 0.717) is 44.1 Å². The molecular formula is C35H47N3O6. The molecule has 238 valence electrons. The van der Waals surface area contributed by atoms with Crippen LogP contribution in [-0.4, -0.2) is 59.1 Å². The molecule has 1 saturated heterocycles. The van der Waals surface area contributed by atoms with Crippen molar-refractivity contribution < 1.29 is 29.0 Å². The van der Waals surface area contributed by atoms with Gasteiger partial charge in [0.05, 0.1) is 5.92 Å². The number of aliphatic carboxylic acids is 1. The first-order chi connectivity index (χ1) is 21.1. The van der Waals surface area contributed by atoms with E-state index in [1.54, 1.807) is 4.90 Å². The fourth-order valence-electron chi connectivity index (χ4n) is 5.56. The lowest BCUT2D eigenvalue weighted by Gasteiger charge is -2.28. The Morgan fingerprint density at radius 3 is 2.27 bits per heavy atom. The molecule has 0 bridgehead atoms. The number of carboxylic acids is 1. The Morgan fingerprint density at radius 1 is 0.977 bits per heavy atom. The Kier molecular flexibility index (Phi) is 13.9. The molecule has 3 N–H and O–H groups in total. The summed E-state index contributed by atoms with van der Waals surface area (Å²) in [5.74, 6) is -1.32. The molecule has 9 nitrogen and oxygen atoms in total. The van der Waals surface area contributed by atoms with Crippen LogP contribution in [0.3, 0.4) is 0 Å². The van der Waals surface area contributed by atoms with Crippen molar-refractivity contribution in [3.05, 3.63) is 83.9 Å². The first kappa shape index (κ1) is 34.4. The molecule has 44 heavy (non-hydrogen) atoms. The summed E-state index contributed by atoms with van der Waals surface area (Å²) in [6.45, 7) is 7.27. The first-order valence-corrected chi connectivity index (χ1v) is 15.6. The lowest BCUT2D eigenvalue weighted by Crippen LogP contribution is -2.52. The molecule has 2 aromatic rings. The summed E-state index contributed by atoms with van der Waals surface area (Å²) in [6, 6.07) is 17.2. The maximum Gasteiger partial charge on any atom is 0.407 e. The van der Waals surface area contributed by atoms with Gasteiger partial charge in [0.25, 0.3) is 0 Å². The van der Waals surface area contributed by atoms with Gasteiger partial charge in [0.15, 0.2) is 0 Å². The van der Waals surface area contributed by atoms with E-state index in [2.05, 4.69) is 37.5 Å². The Hall–Kier alpha value is -4.14. The van der Waals surface area contributed by atoms with Crippen LogP contribution in [0, 0.1) is 17.8 Å². The third-order valence-corrected chi connectivity index (χ3v) is 7.74. The third kappa shape index (κ3) is 11.5. The molecule has 9 heteroatoms. The summed E-state index contributed by atoms with van der Waals surface area (Å²) in [5, 5.41) is 15.0. The molecular weight excluding hydrogens is 558 g/mol. The second-order valence-corrected chi connectivity index (χ2v) is 12.0. The molecule has 0 aliphatic carbocycles. The molecule has 1 aliphatic rings. The van der Waals surface area contributed by atoms with Gasteiger partial charge >= 0.3 is 12.1 Å². The van der Waals surface area contributed by atoms with Crippen molar-refractivity contribution in [2.24, 2.45) is 17.8 Å². The molecule has 1 heterocycles. The number of alkyl carbamates (subject to hydrolysis) is 1. The molecule has 4 atom stereocenters. The van der Waals surface area contributed by atoms with Crippen LogP contribution < -0.4 is 10.6 Å². The van der Waals surface area contributed by atoms with Crippen molar-refractivity contribution >= 4 is 23.9 Å². The lowest BCUT2D eigenvalue weighted by atomic mass is 9.93. The van der Waals surface area contributed by atoms with Gasteiger partial charge in [0.2, 0.25) is 11.8 Å². The Bertz CT molecular complexity index is 1230. The number of hydrogen-bond acceptors (Lipinski definition) is 5. The van der Waals surface area contributed by atoms with Crippen LogP contribution in [-0.2, 0) is 32.1 Å². The van der Waals surface area contributed by atoms with E-state index in [-0.39, 0.29) is 25.5 Å². The smallest absolute Gasteiger partial charge is 0.407 e. The Labute approximate surface area is 261 Å². The highest BCUT2D eigenvalue weighted by molar-refractivity contribution is 5.92. The van der Waals surface area contributed by atoms with Crippen LogP contribution in [0.1, 0.15) is 64.0 Å². The summed E-state index contributed by atoms with van der Waals surface area (Å²) >= 11 is 0. The zero-order valence-corrected chi connectivity index (χ0v) is 26.1. The average molecular weight is 606 g/mol. The van der Waals surface area contributed by atoms with Crippen molar-refractivity contribution in [2.75, 3.05) is 13.1 Å². The number of carboxylic acid groups (broad SMARTS) is 1. The maximum atomic E-state index is 13.9. The quantitative estimate of drug-likeness (QED) is 0.175. The minimum atomic E-state index is -1.16. The average Bonchev–Trinajstić information content (AvgIpc) is 3.50. The largest absolute Gasteiger partial charge is 0.480 e. The monoisotopic (exact) mass is 605 g/mol. The molecule has 0 aromatic heterocycles. The van der Waals surface area contributed by atoms with Gasteiger partial charge in [-0.2, -0.15) is 0 Å². The highest BCUT2D eigenvalue weighted by atomic mass is 16.5. The van der Waals surface area contributed by atoms with E-state index < -0.39 is 36.0 Å². The number of nitrogens with zero attached hydrogens (tertiary/aromatic N) is 1. The van der Waals surface area contributed by atoms with Crippen LogP contribution in [0.5, 0.6) is 0 Å². The molecule has 1 fully saturated rings. The van der Waals surface area contributed by atoms with Gasteiger partial charge in [0, 0.05) is 13.1 Å².